The largest absolute Gasteiger partial charge is 0.411 e. The van der Waals surface area contributed by atoms with Crippen molar-refractivity contribution in [3.05, 3.63) is 30.1 Å². The van der Waals surface area contributed by atoms with E-state index in [1.54, 1.807) is 12.4 Å². The van der Waals surface area contributed by atoms with E-state index in [0.29, 0.717) is 11.8 Å². The van der Waals surface area contributed by atoms with Crippen molar-refractivity contribution in [2.75, 3.05) is 13.2 Å². The van der Waals surface area contributed by atoms with Crippen LogP contribution in [0.5, 0.6) is 0 Å². The summed E-state index contributed by atoms with van der Waals surface area (Å²) < 4.78 is 5.39. The van der Waals surface area contributed by atoms with Crippen molar-refractivity contribution in [1.82, 2.24) is 4.98 Å². The Kier molecular flexibility index (Phi) is 4.50. The molecule has 1 fully saturated rings. The first-order valence-electron chi connectivity index (χ1n) is 6.05. The Morgan fingerprint density at radius 1 is 1.53 bits per heavy atom. The summed E-state index contributed by atoms with van der Waals surface area (Å²) in [6, 6.07) is 4.05. The average Bonchev–Trinajstić information content (AvgIpc) is 2.42. The lowest BCUT2D eigenvalue weighted by Gasteiger charge is -2.29. The maximum Gasteiger partial charge on any atom is 0.0468 e. The molecule has 1 saturated heterocycles. The molecule has 0 spiro atoms. The second-order valence-electron chi connectivity index (χ2n) is 4.38. The van der Waals surface area contributed by atoms with Gasteiger partial charge in [-0.1, -0.05) is 6.07 Å². The van der Waals surface area contributed by atoms with Crippen LogP contribution in [0.25, 0.3) is 0 Å². The average molecular weight is 234 g/mol. The molecule has 2 rings (SSSR count). The molecule has 1 N–H and O–H groups in total. The van der Waals surface area contributed by atoms with Crippen LogP contribution in [-0.2, 0) is 4.74 Å². The molecule has 0 radical (unpaired) electrons. The first kappa shape index (κ1) is 12.0. The SMILES string of the molecule is ON=CCC(c1cccnc1)C1CCOCC1. The molecule has 0 aliphatic carbocycles. The van der Waals surface area contributed by atoms with Crippen molar-refractivity contribution in [3.63, 3.8) is 0 Å². The van der Waals surface area contributed by atoms with Crippen LogP contribution in [0.4, 0.5) is 0 Å². The van der Waals surface area contributed by atoms with E-state index in [2.05, 4.69) is 16.2 Å². The fourth-order valence-electron chi connectivity index (χ4n) is 2.47. The zero-order chi connectivity index (χ0) is 11.9. The van der Waals surface area contributed by atoms with E-state index in [0.717, 1.165) is 32.5 Å². The monoisotopic (exact) mass is 234 g/mol. The molecule has 1 aromatic rings. The van der Waals surface area contributed by atoms with E-state index in [1.165, 1.54) is 5.56 Å². The number of aromatic nitrogens is 1. The van der Waals surface area contributed by atoms with Gasteiger partial charge in [0, 0.05) is 31.8 Å². The number of hydrogen-bond donors (Lipinski definition) is 1. The molecule has 0 saturated carbocycles. The molecule has 1 unspecified atom stereocenters. The van der Waals surface area contributed by atoms with Crippen molar-refractivity contribution >= 4 is 6.21 Å². The molecule has 17 heavy (non-hydrogen) atoms. The summed E-state index contributed by atoms with van der Waals surface area (Å²) in [5.41, 5.74) is 1.22. The minimum Gasteiger partial charge on any atom is -0.411 e. The second kappa shape index (κ2) is 6.35. The van der Waals surface area contributed by atoms with Gasteiger partial charge in [-0.05, 0) is 42.7 Å². The first-order valence-corrected chi connectivity index (χ1v) is 6.05. The highest BCUT2D eigenvalue weighted by atomic mass is 16.5. The second-order valence-corrected chi connectivity index (χ2v) is 4.38. The van der Waals surface area contributed by atoms with Crippen molar-refractivity contribution in [2.45, 2.75) is 25.2 Å². The first-order chi connectivity index (χ1) is 8.42. The molecule has 2 heterocycles. The van der Waals surface area contributed by atoms with Gasteiger partial charge in [0.25, 0.3) is 0 Å². The van der Waals surface area contributed by atoms with E-state index in [1.807, 2.05) is 12.3 Å². The zero-order valence-electron chi connectivity index (χ0n) is 9.83. The Hall–Kier alpha value is -1.42. The molecule has 92 valence electrons. The van der Waals surface area contributed by atoms with Crippen molar-refractivity contribution in [2.24, 2.45) is 11.1 Å². The van der Waals surface area contributed by atoms with Gasteiger partial charge in [-0.15, -0.1) is 5.16 Å². The highest BCUT2D eigenvalue weighted by Crippen LogP contribution is 2.33. The molecular formula is C13H18N2O2. The number of rotatable bonds is 4. The molecule has 4 nitrogen and oxygen atoms in total. The third-order valence-electron chi connectivity index (χ3n) is 3.39. The standard InChI is InChI=1S/C13H18N2O2/c16-15-7-3-13(11-4-8-17-9-5-11)12-2-1-6-14-10-12/h1-2,6-7,10-11,13,16H,3-5,8-9H2. The summed E-state index contributed by atoms with van der Waals surface area (Å²) in [6.07, 6.45) is 8.16. The van der Waals surface area contributed by atoms with Crippen molar-refractivity contribution in [1.29, 1.82) is 0 Å². The molecular weight excluding hydrogens is 216 g/mol. The van der Waals surface area contributed by atoms with E-state index in [4.69, 9.17) is 9.94 Å². The summed E-state index contributed by atoms with van der Waals surface area (Å²) in [5.74, 6) is 0.967. The Morgan fingerprint density at radius 3 is 3.00 bits per heavy atom. The lowest BCUT2D eigenvalue weighted by atomic mass is 9.80. The van der Waals surface area contributed by atoms with E-state index < -0.39 is 0 Å². The van der Waals surface area contributed by atoms with Crippen LogP contribution < -0.4 is 0 Å². The van der Waals surface area contributed by atoms with E-state index in [9.17, 15) is 0 Å². The summed E-state index contributed by atoms with van der Waals surface area (Å²) in [4.78, 5) is 4.17. The number of ether oxygens (including phenoxy) is 1. The number of hydrogen-bond acceptors (Lipinski definition) is 4. The smallest absolute Gasteiger partial charge is 0.0468 e. The third-order valence-corrected chi connectivity index (χ3v) is 3.39. The Balaban J connectivity index is 2.12. The fourth-order valence-corrected chi connectivity index (χ4v) is 2.47. The summed E-state index contributed by atoms with van der Waals surface area (Å²) >= 11 is 0. The Labute approximate surface area is 101 Å². The topological polar surface area (TPSA) is 54.7 Å². The lowest BCUT2D eigenvalue weighted by molar-refractivity contribution is 0.0584. The summed E-state index contributed by atoms with van der Waals surface area (Å²) in [5, 5.41) is 11.7. The van der Waals surface area contributed by atoms with Gasteiger partial charge in [0.05, 0.1) is 0 Å². The van der Waals surface area contributed by atoms with Gasteiger partial charge in [-0.25, -0.2) is 0 Å². The predicted octanol–water partition coefficient (Wildman–Crippen LogP) is 2.44. The minimum atomic E-state index is 0.378. The van der Waals surface area contributed by atoms with Gasteiger partial charge in [0.2, 0.25) is 0 Å². The van der Waals surface area contributed by atoms with Gasteiger partial charge in [0.1, 0.15) is 0 Å². The molecule has 0 amide bonds. The predicted molar refractivity (Wildman–Crippen MR) is 65.4 cm³/mol. The number of nitrogens with zero attached hydrogens (tertiary/aromatic N) is 2. The van der Waals surface area contributed by atoms with Crippen LogP contribution >= 0.6 is 0 Å². The fraction of sp³-hybridized carbons (Fsp3) is 0.538. The van der Waals surface area contributed by atoms with Crippen LogP contribution in [0, 0.1) is 5.92 Å². The van der Waals surface area contributed by atoms with Crippen LogP contribution in [-0.4, -0.2) is 29.6 Å². The third kappa shape index (κ3) is 3.27. The molecule has 1 aliphatic heterocycles. The zero-order valence-corrected chi connectivity index (χ0v) is 9.83. The van der Waals surface area contributed by atoms with Crippen LogP contribution in [0.1, 0.15) is 30.7 Å². The van der Waals surface area contributed by atoms with E-state index >= 15 is 0 Å². The van der Waals surface area contributed by atoms with Crippen LogP contribution in [0.15, 0.2) is 29.7 Å². The molecule has 1 atom stereocenters. The minimum absolute atomic E-state index is 0.378. The van der Waals surface area contributed by atoms with Crippen LogP contribution in [0.3, 0.4) is 0 Å². The van der Waals surface area contributed by atoms with Crippen molar-refractivity contribution < 1.29 is 9.94 Å². The normalized spacial score (nSPS) is 19.5. The Bertz CT molecular complexity index is 348. The molecule has 1 aliphatic rings. The maximum atomic E-state index is 8.59. The molecule has 0 bridgehead atoms. The molecule has 4 heteroatoms. The van der Waals surface area contributed by atoms with Crippen molar-refractivity contribution in [3.8, 4) is 0 Å². The highest BCUT2D eigenvalue weighted by molar-refractivity contribution is 5.58. The maximum absolute atomic E-state index is 8.59. The lowest BCUT2D eigenvalue weighted by Crippen LogP contribution is -2.22. The Morgan fingerprint density at radius 2 is 2.35 bits per heavy atom. The highest BCUT2D eigenvalue weighted by Gasteiger charge is 2.24. The number of pyridine rings is 1. The van der Waals surface area contributed by atoms with Crippen LogP contribution in [0.2, 0.25) is 0 Å². The number of oxime groups is 1. The summed E-state index contributed by atoms with van der Waals surface area (Å²) in [6.45, 7) is 1.66. The quantitative estimate of drug-likeness (QED) is 0.494. The van der Waals surface area contributed by atoms with Gasteiger partial charge in [-0.2, -0.15) is 0 Å². The summed E-state index contributed by atoms with van der Waals surface area (Å²) in [7, 11) is 0. The van der Waals surface area contributed by atoms with Gasteiger partial charge in [-0.3, -0.25) is 4.98 Å². The van der Waals surface area contributed by atoms with Gasteiger partial charge >= 0.3 is 0 Å². The molecule has 0 aromatic carbocycles. The van der Waals surface area contributed by atoms with Gasteiger partial charge in [0.15, 0.2) is 0 Å². The molecule has 1 aromatic heterocycles. The van der Waals surface area contributed by atoms with E-state index in [-0.39, 0.29) is 0 Å². The van der Waals surface area contributed by atoms with Gasteiger partial charge < -0.3 is 9.94 Å².